The molecule has 0 radical (unpaired) electrons. The summed E-state index contributed by atoms with van der Waals surface area (Å²) in [6.45, 7) is -4.83. The van der Waals surface area contributed by atoms with Crippen molar-refractivity contribution in [3.05, 3.63) is 77.4 Å². The molecule has 13 heteroatoms. The van der Waals surface area contributed by atoms with E-state index >= 15 is 0 Å². The van der Waals surface area contributed by atoms with Crippen molar-refractivity contribution in [2.24, 2.45) is 0 Å². The molecule has 0 aromatic heterocycles. The summed E-state index contributed by atoms with van der Waals surface area (Å²) in [7, 11) is -4.20. The zero-order valence-electron chi connectivity index (χ0n) is 19.6. The quantitative estimate of drug-likeness (QED) is 0.248. The number of nitrogens with two attached hydrogens (primary N) is 1. The smallest absolute Gasteiger partial charge is 0.387 e. The number of halogens is 4. The number of sulfonamides is 1. The van der Waals surface area contributed by atoms with E-state index in [9.17, 15) is 36.2 Å². The lowest BCUT2D eigenvalue weighted by atomic mass is 9.97. The van der Waals surface area contributed by atoms with Crippen LogP contribution in [0.4, 0.5) is 28.9 Å². The van der Waals surface area contributed by atoms with Crippen LogP contribution in [-0.2, 0) is 10.0 Å². The number of anilines is 2. The second kappa shape index (κ2) is 11.1. The van der Waals surface area contributed by atoms with Crippen LogP contribution in [0, 0.1) is 0 Å². The molecular weight excluding hydrogens is 520 g/mol. The van der Waals surface area contributed by atoms with E-state index in [1.165, 1.54) is 67.6 Å². The summed E-state index contributed by atoms with van der Waals surface area (Å²) >= 11 is 0. The molecule has 0 fully saturated rings. The number of phenolic OH excluding ortho intramolecular Hbond substituents is 1. The van der Waals surface area contributed by atoms with Gasteiger partial charge < -0.3 is 25.4 Å². The summed E-state index contributed by atoms with van der Waals surface area (Å²) in [4.78, 5) is 0. The fourth-order valence-electron chi connectivity index (χ4n) is 3.86. The van der Waals surface area contributed by atoms with Gasteiger partial charge in [0.05, 0.1) is 24.1 Å². The van der Waals surface area contributed by atoms with Crippen LogP contribution in [0.25, 0.3) is 0 Å². The van der Waals surface area contributed by atoms with E-state index < -0.39 is 41.1 Å². The number of hydrogen-bond donors (Lipinski definition) is 3. The molecule has 200 valence electrons. The minimum atomic E-state index is -4.20. The Morgan fingerprint density at radius 3 is 1.62 bits per heavy atom. The van der Waals surface area contributed by atoms with Crippen molar-refractivity contribution in [1.82, 2.24) is 0 Å². The first-order valence-corrected chi connectivity index (χ1v) is 12.5. The number of nitrogen functional groups attached to an aromatic ring is 1. The molecule has 0 aliphatic carbocycles. The van der Waals surface area contributed by atoms with Crippen LogP contribution in [0.1, 0.15) is 35.8 Å². The van der Waals surface area contributed by atoms with Crippen molar-refractivity contribution in [1.29, 1.82) is 0 Å². The van der Waals surface area contributed by atoms with Crippen LogP contribution < -0.4 is 19.5 Å². The van der Waals surface area contributed by atoms with E-state index in [2.05, 4.69) is 9.47 Å². The minimum absolute atomic E-state index is 0.0169. The molecule has 0 amide bonds. The van der Waals surface area contributed by atoms with Gasteiger partial charge in [0.15, 0.2) is 0 Å². The van der Waals surface area contributed by atoms with Crippen LogP contribution in [0.5, 0.6) is 17.2 Å². The normalized spacial score (nSPS) is 12.7. The number of aliphatic hydroxyl groups is 1. The third-order valence-electron chi connectivity index (χ3n) is 5.32. The lowest BCUT2D eigenvalue weighted by Gasteiger charge is -2.33. The van der Waals surface area contributed by atoms with Gasteiger partial charge >= 0.3 is 13.2 Å². The van der Waals surface area contributed by atoms with Gasteiger partial charge in [-0.05, 0) is 54.4 Å². The summed E-state index contributed by atoms with van der Waals surface area (Å²) < 4.78 is 86.3. The Labute approximate surface area is 210 Å². The van der Waals surface area contributed by atoms with Gasteiger partial charge in [0.25, 0.3) is 0 Å². The van der Waals surface area contributed by atoms with E-state index in [-0.39, 0.29) is 39.6 Å². The minimum Gasteiger partial charge on any atom is -0.505 e. The maximum atomic E-state index is 13.1. The molecule has 0 saturated carbocycles. The van der Waals surface area contributed by atoms with E-state index in [1.54, 1.807) is 0 Å². The third-order valence-corrected chi connectivity index (χ3v) is 6.44. The molecule has 3 rings (SSSR count). The Balaban J connectivity index is 2.25. The Bertz CT molecular complexity index is 1270. The highest BCUT2D eigenvalue weighted by Gasteiger charge is 2.33. The van der Waals surface area contributed by atoms with Gasteiger partial charge in [-0.15, -0.1) is 0 Å². The summed E-state index contributed by atoms with van der Waals surface area (Å²) in [6.07, 6.45) is -0.378. The topological polar surface area (TPSA) is 122 Å². The van der Waals surface area contributed by atoms with Gasteiger partial charge in [-0.2, -0.15) is 17.6 Å². The van der Waals surface area contributed by atoms with Crippen LogP contribution in [0.2, 0.25) is 0 Å². The molecule has 8 nitrogen and oxygen atoms in total. The van der Waals surface area contributed by atoms with Gasteiger partial charge in [0, 0.05) is 11.3 Å². The van der Waals surface area contributed by atoms with Gasteiger partial charge in [-0.25, -0.2) is 8.42 Å². The summed E-state index contributed by atoms with van der Waals surface area (Å²) in [5.41, 5.74) is 6.06. The first kappa shape index (κ1) is 27.9. The largest absolute Gasteiger partial charge is 0.505 e. The third kappa shape index (κ3) is 6.54. The number of aromatic hydroxyl groups is 1. The summed E-state index contributed by atoms with van der Waals surface area (Å²) in [6, 6.07) is 11.5. The second-order valence-electron chi connectivity index (χ2n) is 7.97. The van der Waals surface area contributed by atoms with Gasteiger partial charge in [0.1, 0.15) is 17.2 Å². The fraction of sp³-hybridized carbons (Fsp3) is 0.250. The molecule has 0 saturated heterocycles. The maximum absolute atomic E-state index is 13.1. The first-order valence-electron chi connectivity index (χ1n) is 10.7. The van der Waals surface area contributed by atoms with Crippen molar-refractivity contribution < 1.29 is 45.7 Å². The molecular formula is C24H24F4N2O6S. The van der Waals surface area contributed by atoms with Gasteiger partial charge in [-0.3, -0.25) is 4.31 Å². The average Bonchev–Trinajstić information content (AvgIpc) is 2.78. The fourth-order valence-corrected chi connectivity index (χ4v) is 5.00. The zero-order chi connectivity index (χ0) is 27.5. The molecule has 4 N–H and O–H groups in total. The van der Waals surface area contributed by atoms with Crippen molar-refractivity contribution in [2.75, 3.05) is 16.3 Å². The molecule has 3 aromatic carbocycles. The lowest BCUT2D eigenvalue weighted by Crippen LogP contribution is -2.35. The number of benzene rings is 3. The number of nitrogens with zero attached hydrogens (tertiary/aromatic N) is 1. The lowest BCUT2D eigenvalue weighted by molar-refractivity contribution is -0.0505. The zero-order valence-corrected chi connectivity index (χ0v) is 20.4. The molecule has 3 aromatic rings. The maximum Gasteiger partial charge on any atom is 0.387 e. The monoisotopic (exact) mass is 544 g/mol. The number of aliphatic hydroxyl groups excluding tert-OH is 1. The second-order valence-corrected chi connectivity index (χ2v) is 9.83. The Morgan fingerprint density at radius 1 is 0.838 bits per heavy atom. The SMILES string of the molecule is CC(O)c1c(N)ccc(N(C(c2ccc(OC(F)F)cc2)c2ccc(OC(F)F)cc2)S(C)(=O)=O)c1O. The average molecular weight is 545 g/mol. The standard InChI is InChI=1S/C24H24F4N2O6S/c1-13(31)20-18(29)11-12-19(22(20)32)30(37(2,33)34)21(14-3-7-16(8-4-14)35-23(25)26)15-5-9-17(10-6-15)36-24(27)28/h3-13,21,23-24,31-32H,29H2,1-2H3. The number of phenols is 1. The Hall–Kier alpha value is -3.71. The summed E-state index contributed by atoms with van der Waals surface area (Å²) in [5, 5.41) is 21.1. The van der Waals surface area contributed by atoms with Crippen molar-refractivity contribution in [3.63, 3.8) is 0 Å². The predicted octanol–water partition coefficient (Wildman–Crippen LogP) is 4.79. The summed E-state index contributed by atoms with van der Waals surface area (Å²) in [5.74, 6) is -0.965. The van der Waals surface area contributed by atoms with Gasteiger partial charge in [0.2, 0.25) is 10.0 Å². The Kier molecular flexibility index (Phi) is 8.39. The van der Waals surface area contributed by atoms with E-state index in [0.717, 1.165) is 10.6 Å². The first-order chi connectivity index (χ1) is 17.3. The number of alkyl halides is 4. The van der Waals surface area contributed by atoms with Crippen LogP contribution in [-0.4, -0.2) is 38.1 Å². The van der Waals surface area contributed by atoms with Crippen LogP contribution in [0.3, 0.4) is 0 Å². The number of ether oxygens (including phenoxy) is 2. The molecule has 0 aliphatic heterocycles. The molecule has 37 heavy (non-hydrogen) atoms. The number of hydrogen-bond acceptors (Lipinski definition) is 7. The van der Waals surface area contributed by atoms with E-state index in [1.807, 2.05) is 0 Å². The molecule has 1 atom stereocenters. The Morgan fingerprint density at radius 2 is 1.27 bits per heavy atom. The van der Waals surface area contributed by atoms with E-state index in [4.69, 9.17) is 5.73 Å². The molecule has 0 spiro atoms. The van der Waals surface area contributed by atoms with E-state index in [0.29, 0.717) is 0 Å². The molecule has 0 aliphatic rings. The van der Waals surface area contributed by atoms with Crippen molar-refractivity contribution in [3.8, 4) is 17.2 Å². The highest BCUT2D eigenvalue weighted by Crippen LogP contribution is 2.44. The molecule has 0 bridgehead atoms. The van der Waals surface area contributed by atoms with Crippen molar-refractivity contribution in [2.45, 2.75) is 32.3 Å². The highest BCUT2D eigenvalue weighted by molar-refractivity contribution is 7.92. The highest BCUT2D eigenvalue weighted by atomic mass is 32.2. The predicted molar refractivity (Wildman–Crippen MR) is 128 cm³/mol. The van der Waals surface area contributed by atoms with Crippen molar-refractivity contribution >= 4 is 21.4 Å². The molecule has 0 heterocycles. The van der Waals surface area contributed by atoms with Gasteiger partial charge in [-0.1, -0.05) is 24.3 Å². The number of rotatable bonds is 10. The van der Waals surface area contributed by atoms with Crippen LogP contribution >= 0.6 is 0 Å². The molecule has 1 unspecified atom stereocenters. The van der Waals surface area contributed by atoms with Crippen LogP contribution in [0.15, 0.2) is 60.7 Å².